The molecule has 1 aliphatic heterocycles. The molecule has 0 aromatic rings. The van der Waals surface area contributed by atoms with Crippen LogP contribution in [0.2, 0.25) is 0 Å². The Morgan fingerprint density at radius 1 is 1.19 bits per heavy atom. The fraction of sp³-hybridized carbons (Fsp3) is 0.941. The summed E-state index contributed by atoms with van der Waals surface area (Å²) in [6.07, 6.45) is 5.44. The van der Waals surface area contributed by atoms with E-state index in [1.54, 1.807) is 0 Å². The molecule has 0 aromatic heterocycles. The van der Waals surface area contributed by atoms with Crippen molar-refractivity contribution >= 4 is 6.09 Å². The molecule has 0 bridgehead atoms. The Kier molecular flexibility index (Phi) is 3.93. The van der Waals surface area contributed by atoms with Crippen LogP contribution in [0, 0.1) is 17.8 Å². The van der Waals surface area contributed by atoms with Gasteiger partial charge in [-0.25, -0.2) is 4.79 Å². The smallest absolute Gasteiger partial charge is 0.410 e. The molecular formula is C17H30N2O2. The van der Waals surface area contributed by atoms with E-state index in [4.69, 9.17) is 4.74 Å². The van der Waals surface area contributed by atoms with Crippen molar-refractivity contribution in [3.05, 3.63) is 0 Å². The molecule has 0 aromatic carbocycles. The molecule has 1 heterocycles. The van der Waals surface area contributed by atoms with Crippen LogP contribution in [-0.4, -0.2) is 41.8 Å². The van der Waals surface area contributed by atoms with Gasteiger partial charge in [0.25, 0.3) is 0 Å². The second-order valence-corrected chi connectivity index (χ2v) is 8.24. The summed E-state index contributed by atoms with van der Waals surface area (Å²) in [5.74, 6) is 2.18. The number of ether oxygens (including phenoxy) is 1. The molecule has 0 spiro atoms. The molecule has 3 fully saturated rings. The van der Waals surface area contributed by atoms with Gasteiger partial charge in [0.2, 0.25) is 0 Å². The average molecular weight is 294 g/mol. The van der Waals surface area contributed by atoms with Gasteiger partial charge in [-0.15, -0.1) is 0 Å². The minimum absolute atomic E-state index is 0.141. The number of carbonyl (C=O) groups excluding carboxylic acids is 1. The number of nitrogens with zero attached hydrogens (tertiary/aromatic N) is 1. The van der Waals surface area contributed by atoms with Gasteiger partial charge in [-0.1, -0.05) is 12.8 Å². The first kappa shape index (κ1) is 15.1. The van der Waals surface area contributed by atoms with Gasteiger partial charge in [-0.05, 0) is 58.3 Å². The number of likely N-dealkylation sites (tertiary alicyclic amines) is 1. The highest BCUT2D eigenvalue weighted by Crippen LogP contribution is 2.46. The summed E-state index contributed by atoms with van der Waals surface area (Å²) >= 11 is 0. The van der Waals surface area contributed by atoms with E-state index in [9.17, 15) is 4.79 Å². The second-order valence-electron chi connectivity index (χ2n) is 8.24. The monoisotopic (exact) mass is 294 g/mol. The number of fused-ring (bicyclic) bond motifs is 1. The summed E-state index contributed by atoms with van der Waals surface area (Å²) < 4.78 is 5.45. The van der Waals surface area contributed by atoms with Crippen LogP contribution in [0.25, 0.3) is 0 Å². The molecule has 3 rings (SSSR count). The summed E-state index contributed by atoms with van der Waals surface area (Å²) in [6, 6.07) is 1.28. The normalized spacial score (nSPS) is 33.9. The third kappa shape index (κ3) is 3.36. The average Bonchev–Trinajstić information content (AvgIpc) is 2.87. The maximum Gasteiger partial charge on any atom is 0.410 e. The van der Waals surface area contributed by atoms with Gasteiger partial charge in [-0.3, -0.25) is 0 Å². The van der Waals surface area contributed by atoms with Gasteiger partial charge in [-0.2, -0.15) is 0 Å². The summed E-state index contributed by atoms with van der Waals surface area (Å²) in [4.78, 5) is 13.9. The maximum atomic E-state index is 12.0. The third-order valence-electron chi connectivity index (χ3n) is 5.41. The zero-order valence-electron chi connectivity index (χ0n) is 13.9. The van der Waals surface area contributed by atoms with Crippen LogP contribution in [0.1, 0.15) is 53.4 Å². The molecule has 2 aliphatic carbocycles. The van der Waals surface area contributed by atoms with E-state index >= 15 is 0 Å². The highest BCUT2D eigenvalue weighted by molar-refractivity contribution is 5.69. The van der Waals surface area contributed by atoms with Crippen molar-refractivity contribution in [1.29, 1.82) is 0 Å². The van der Waals surface area contributed by atoms with Gasteiger partial charge in [0.05, 0.1) is 0 Å². The Bertz CT molecular complexity index is 386. The van der Waals surface area contributed by atoms with E-state index < -0.39 is 5.60 Å². The largest absolute Gasteiger partial charge is 0.444 e. The molecule has 4 nitrogen and oxygen atoms in total. The summed E-state index contributed by atoms with van der Waals surface area (Å²) in [6.45, 7) is 9.86. The van der Waals surface area contributed by atoms with Crippen molar-refractivity contribution in [2.24, 2.45) is 17.8 Å². The van der Waals surface area contributed by atoms with Crippen molar-refractivity contribution in [3.8, 4) is 0 Å². The number of hydrogen-bond donors (Lipinski definition) is 1. The summed E-state index contributed by atoms with van der Waals surface area (Å²) in [5.41, 5.74) is -0.390. The van der Waals surface area contributed by atoms with Crippen LogP contribution in [0.3, 0.4) is 0 Å². The minimum atomic E-state index is -0.390. The first-order valence-corrected chi connectivity index (χ1v) is 8.59. The van der Waals surface area contributed by atoms with Crippen LogP contribution in [-0.2, 0) is 4.74 Å². The lowest BCUT2D eigenvalue weighted by Crippen LogP contribution is -2.42. The first-order valence-electron chi connectivity index (χ1n) is 8.59. The Morgan fingerprint density at radius 2 is 1.76 bits per heavy atom. The van der Waals surface area contributed by atoms with Crippen molar-refractivity contribution in [3.63, 3.8) is 0 Å². The van der Waals surface area contributed by atoms with E-state index in [2.05, 4.69) is 12.2 Å². The molecule has 3 atom stereocenters. The molecule has 3 unspecified atom stereocenters. The van der Waals surface area contributed by atoms with Crippen LogP contribution < -0.4 is 5.32 Å². The zero-order chi connectivity index (χ0) is 15.2. The SMILES string of the molecule is CC(NC1C2CN(C(=O)OC(C)(C)C)CC21)C1CCCC1. The number of rotatable bonds is 3. The lowest BCUT2D eigenvalue weighted by molar-refractivity contribution is 0.0268. The van der Waals surface area contributed by atoms with Crippen molar-refractivity contribution in [2.75, 3.05) is 13.1 Å². The van der Waals surface area contributed by atoms with Gasteiger partial charge >= 0.3 is 6.09 Å². The molecule has 1 saturated heterocycles. The lowest BCUT2D eigenvalue weighted by atomic mass is 9.99. The molecule has 4 heteroatoms. The van der Waals surface area contributed by atoms with E-state index in [0.717, 1.165) is 19.0 Å². The van der Waals surface area contributed by atoms with Crippen molar-refractivity contribution < 1.29 is 9.53 Å². The molecule has 120 valence electrons. The molecule has 21 heavy (non-hydrogen) atoms. The van der Waals surface area contributed by atoms with Gasteiger partial charge in [0, 0.05) is 25.2 Å². The van der Waals surface area contributed by atoms with Crippen molar-refractivity contribution in [2.45, 2.75) is 71.1 Å². The molecule has 3 aliphatic rings. The molecule has 1 N–H and O–H groups in total. The number of piperidine rings is 1. The van der Waals surface area contributed by atoms with E-state index in [-0.39, 0.29) is 6.09 Å². The number of nitrogens with one attached hydrogen (secondary N) is 1. The fourth-order valence-corrected chi connectivity index (χ4v) is 4.15. The van der Waals surface area contributed by atoms with E-state index in [0.29, 0.717) is 23.9 Å². The van der Waals surface area contributed by atoms with Gasteiger partial charge < -0.3 is 15.0 Å². The van der Waals surface area contributed by atoms with Crippen LogP contribution in [0.15, 0.2) is 0 Å². The van der Waals surface area contributed by atoms with Crippen LogP contribution in [0.4, 0.5) is 4.79 Å². The second kappa shape index (κ2) is 5.45. The Balaban J connectivity index is 1.42. The predicted octanol–water partition coefficient (Wildman–Crippen LogP) is 3.02. The highest BCUT2D eigenvalue weighted by atomic mass is 16.6. The maximum absolute atomic E-state index is 12.0. The Labute approximate surface area is 128 Å². The number of carbonyl (C=O) groups is 1. The van der Waals surface area contributed by atoms with Crippen LogP contribution in [0.5, 0.6) is 0 Å². The predicted molar refractivity (Wildman–Crippen MR) is 83.1 cm³/mol. The van der Waals surface area contributed by atoms with E-state index in [1.807, 2.05) is 25.7 Å². The summed E-state index contributed by atoms with van der Waals surface area (Å²) in [7, 11) is 0. The Morgan fingerprint density at radius 3 is 2.29 bits per heavy atom. The standard InChI is InChI=1S/C17H30N2O2/c1-11(12-7-5-6-8-12)18-15-13-9-19(10-14(13)15)16(20)21-17(2,3)4/h11-15,18H,5-10H2,1-4H3. The quantitative estimate of drug-likeness (QED) is 0.870. The van der Waals surface area contributed by atoms with Gasteiger partial charge in [0.1, 0.15) is 5.60 Å². The van der Waals surface area contributed by atoms with Crippen molar-refractivity contribution in [1.82, 2.24) is 10.2 Å². The molecule has 0 radical (unpaired) electrons. The topological polar surface area (TPSA) is 41.6 Å². The molecule has 1 amide bonds. The third-order valence-corrected chi connectivity index (χ3v) is 5.41. The lowest BCUT2D eigenvalue weighted by Gasteiger charge is -2.27. The van der Waals surface area contributed by atoms with E-state index in [1.165, 1.54) is 25.7 Å². The molecular weight excluding hydrogens is 264 g/mol. The first-order chi connectivity index (χ1) is 9.85. The number of amides is 1. The van der Waals surface area contributed by atoms with Crippen LogP contribution >= 0.6 is 0 Å². The summed E-state index contributed by atoms with van der Waals surface area (Å²) in [5, 5.41) is 3.83. The minimum Gasteiger partial charge on any atom is -0.444 e. The zero-order valence-corrected chi connectivity index (χ0v) is 13.9. The Hall–Kier alpha value is -0.770. The highest BCUT2D eigenvalue weighted by Gasteiger charge is 2.57. The number of hydrogen-bond acceptors (Lipinski definition) is 3. The van der Waals surface area contributed by atoms with Gasteiger partial charge in [0.15, 0.2) is 0 Å². The fourth-order valence-electron chi connectivity index (χ4n) is 4.15. The molecule has 2 saturated carbocycles.